The van der Waals surface area contributed by atoms with Crippen LogP contribution in [0.4, 0.5) is 5.69 Å². The van der Waals surface area contributed by atoms with Gasteiger partial charge in [0.15, 0.2) is 0 Å². The van der Waals surface area contributed by atoms with Crippen molar-refractivity contribution >= 4 is 17.6 Å². The number of carbonyl (C=O) groups excluding carboxylic acids is 1. The Balaban J connectivity index is 2.04. The molecule has 0 unspecified atom stereocenters. The quantitative estimate of drug-likeness (QED) is 0.795. The number of carbonyl (C=O) groups is 2. The summed E-state index contributed by atoms with van der Waals surface area (Å²) in [6, 6.07) is 5.91. The zero-order valence-electron chi connectivity index (χ0n) is 12.5. The highest BCUT2D eigenvalue weighted by molar-refractivity contribution is 5.96. The summed E-state index contributed by atoms with van der Waals surface area (Å²) in [5.41, 5.74) is 2.55. The van der Waals surface area contributed by atoms with Gasteiger partial charge in [-0.2, -0.15) is 0 Å². The smallest absolute Gasteiger partial charge is 0.306 e. The molecule has 1 aromatic rings. The van der Waals surface area contributed by atoms with Crippen LogP contribution in [0.5, 0.6) is 0 Å². The van der Waals surface area contributed by atoms with Gasteiger partial charge in [0, 0.05) is 24.3 Å². The predicted molar refractivity (Wildman–Crippen MR) is 81.6 cm³/mol. The molecule has 2 rings (SSSR count). The van der Waals surface area contributed by atoms with Gasteiger partial charge in [-0.05, 0) is 50.3 Å². The maximum absolute atomic E-state index is 11.8. The van der Waals surface area contributed by atoms with Crippen molar-refractivity contribution in [3.63, 3.8) is 0 Å². The van der Waals surface area contributed by atoms with Gasteiger partial charge in [-0.15, -0.1) is 0 Å². The lowest BCUT2D eigenvalue weighted by Gasteiger charge is -2.28. The van der Waals surface area contributed by atoms with Crippen LogP contribution < -0.4 is 10.6 Å². The lowest BCUT2D eigenvalue weighted by molar-refractivity contribution is -0.142. The molecule has 5 heteroatoms. The Morgan fingerprint density at radius 1 is 1.19 bits per heavy atom. The van der Waals surface area contributed by atoms with Gasteiger partial charge in [-0.25, -0.2) is 0 Å². The van der Waals surface area contributed by atoms with Crippen molar-refractivity contribution in [2.45, 2.75) is 38.6 Å². The standard InChI is InChI=1S/C16H22N2O3/c1-10-13(15(19)17-2)4-3-5-14(10)18-12-8-6-11(7-9-12)16(20)21/h3-5,11-12,18H,6-9H2,1-2H3,(H,17,19)(H,20,21). The van der Waals surface area contributed by atoms with Gasteiger partial charge in [0.25, 0.3) is 5.91 Å². The first-order valence-electron chi connectivity index (χ1n) is 7.34. The van der Waals surface area contributed by atoms with Crippen molar-refractivity contribution in [2.75, 3.05) is 12.4 Å². The van der Waals surface area contributed by atoms with Crippen LogP contribution in [0.2, 0.25) is 0 Å². The molecular formula is C16H22N2O3. The molecule has 0 atom stereocenters. The molecule has 21 heavy (non-hydrogen) atoms. The maximum Gasteiger partial charge on any atom is 0.306 e. The Bertz CT molecular complexity index is 534. The molecule has 0 bridgehead atoms. The second kappa shape index (κ2) is 6.61. The Morgan fingerprint density at radius 3 is 2.43 bits per heavy atom. The van der Waals surface area contributed by atoms with E-state index in [1.807, 2.05) is 19.1 Å². The van der Waals surface area contributed by atoms with Gasteiger partial charge in [0.05, 0.1) is 5.92 Å². The van der Waals surface area contributed by atoms with Crippen molar-refractivity contribution in [3.8, 4) is 0 Å². The van der Waals surface area contributed by atoms with E-state index in [0.29, 0.717) is 18.4 Å². The van der Waals surface area contributed by atoms with Crippen LogP contribution in [0.25, 0.3) is 0 Å². The van der Waals surface area contributed by atoms with Gasteiger partial charge in [0.1, 0.15) is 0 Å². The van der Waals surface area contributed by atoms with Crippen LogP contribution in [-0.2, 0) is 4.79 Å². The molecule has 1 amide bonds. The minimum Gasteiger partial charge on any atom is -0.481 e. The first kappa shape index (κ1) is 15.4. The third-order valence-corrected chi connectivity index (χ3v) is 4.24. The zero-order chi connectivity index (χ0) is 15.4. The molecule has 0 saturated heterocycles. The summed E-state index contributed by atoms with van der Waals surface area (Å²) in [5.74, 6) is -0.988. The number of carboxylic acid groups (broad SMARTS) is 1. The van der Waals surface area contributed by atoms with Crippen LogP contribution in [0.3, 0.4) is 0 Å². The van der Waals surface area contributed by atoms with E-state index in [1.54, 1.807) is 13.1 Å². The number of aliphatic carboxylic acids is 1. The van der Waals surface area contributed by atoms with E-state index in [1.165, 1.54) is 0 Å². The molecule has 1 aromatic carbocycles. The van der Waals surface area contributed by atoms with Crippen LogP contribution in [0.15, 0.2) is 18.2 Å². The second-order valence-corrected chi connectivity index (χ2v) is 5.59. The number of nitrogens with one attached hydrogen (secondary N) is 2. The molecule has 1 aliphatic rings. The molecule has 1 fully saturated rings. The molecule has 1 aliphatic carbocycles. The third kappa shape index (κ3) is 3.54. The number of benzene rings is 1. The monoisotopic (exact) mass is 290 g/mol. The highest BCUT2D eigenvalue weighted by atomic mass is 16.4. The van der Waals surface area contributed by atoms with E-state index in [4.69, 9.17) is 5.11 Å². The summed E-state index contributed by atoms with van der Waals surface area (Å²) in [5, 5.41) is 15.1. The second-order valence-electron chi connectivity index (χ2n) is 5.59. The summed E-state index contributed by atoms with van der Waals surface area (Å²) in [6.07, 6.45) is 3.11. The van der Waals surface area contributed by atoms with Crippen molar-refractivity contribution < 1.29 is 14.7 Å². The van der Waals surface area contributed by atoms with Gasteiger partial charge in [0.2, 0.25) is 0 Å². The average Bonchev–Trinajstić information content (AvgIpc) is 2.49. The first-order chi connectivity index (χ1) is 10.0. The van der Waals surface area contributed by atoms with E-state index in [9.17, 15) is 9.59 Å². The molecule has 114 valence electrons. The summed E-state index contributed by atoms with van der Waals surface area (Å²) in [7, 11) is 1.62. The van der Waals surface area contributed by atoms with E-state index in [2.05, 4.69) is 10.6 Å². The molecule has 3 N–H and O–H groups in total. The van der Waals surface area contributed by atoms with Crippen LogP contribution in [0.1, 0.15) is 41.6 Å². The van der Waals surface area contributed by atoms with E-state index in [-0.39, 0.29) is 17.9 Å². The lowest BCUT2D eigenvalue weighted by Crippen LogP contribution is -2.29. The fourth-order valence-corrected chi connectivity index (χ4v) is 2.88. The van der Waals surface area contributed by atoms with Crippen LogP contribution >= 0.6 is 0 Å². The highest BCUT2D eigenvalue weighted by Gasteiger charge is 2.26. The third-order valence-electron chi connectivity index (χ3n) is 4.24. The molecule has 0 aliphatic heterocycles. The number of hydrogen-bond acceptors (Lipinski definition) is 3. The molecule has 5 nitrogen and oxygen atoms in total. The number of hydrogen-bond donors (Lipinski definition) is 3. The molecule has 1 saturated carbocycles. The van der Waals surface area contributed by atoms with Gasteiger partial charge in [-0.3, -0.25) is 9.59 Å². The van der Waals surface area contributed by atoms with Crippen molar-refractivity contribution in [2.24, 2.45) is 5.92 Å². The maximum atomic E-state index is 11.8. The van der Waals surface area contributed by atoms with Gasteiger partial charge in [-0.1, -0.05) is 6.07 Å². The molecule has 0 radical (unpaired) electrons. The fraction of sp³-hybridized carbons (Fsp3) is 0.500. The average molecular weight is 290 g/mol. The van der Waals surface area contributed by atoms with Crippen molar-refractivity contribution in [1.82, 2.24) is 5.32 Å². The van der Waals surface area contributed by atoms with Crippen molar-refractivity contribution in [3.05, 3.63) is 29.3 Å². The normalized spacial score (nSPS) is 21.6. The topological polar surface area (TPSA) is 78.4 Å². The number of carboxylic acids is 1. The Hall–Kier alpha value is -2.04. The number of anilines is 1. The summed E-state index contributed by atoms with van der Waals surface area (Å²) >= 11 is 0. The number of amides is 1. The summed E-state index contributed by atoms with van der Waals surface area (Å²) in [6.45, 7) is 1.93. The van der Waals surface area contributed by atoms with Gasteiger partial charge < -0.3 is 15.7 Å². The van der Waals surface area contributed by atoms with Crippen LogP contribution in [0, 0.1) is 12.8 Å². The predicted octanol–water partition coefficient (Wildman–Crippen LogP) is 2.41. The van der Waals surface area contributed by atoms with Gasteiger partial charge >= 0.3 is 5.97 Å². The Morgan fingerprint density at radius 2 is 1.86 bits per heavy atom. The fourth-order valence-electron chi connectivity index (χ4n) is 2.88. The van der Waals surface area contributed by atoms with E-state index >= 15 is 0 Å². The minimum absolute atomic E-state index is 0.0919. The number of rotatable bonds is 4. The molecule has 0 aromatic heterocycles. The highest BCUT2D eigenvalue weighted by Crippen LogP contribution is 2.28. The largest absolute Gasteiger partial charge is 0.481 e. The molecule has 0 spiro atoms. The summed E-state index contributed by atoms with van der Waals surface area (Å²) < 4.78 is 0. The summed E-state index contributed by atoms with van der Waals surface area (Å²) in [4.78, 5) is 22.8. The van der Waals surface area contributed by atoms with E-state index in [0.717, 1.165) is 24.1 Å². The lowest BCUT2D eigenvalue weighted by atomic mass is 9.86. The molecule has 0 heterocycles. The zero-order valence-corrected chi connectivity index (χ0v) is 12.5. The molecular weight excluding hydrogens is 268 g/mol. The SMILES string of the molecule is CNC(=O)c1cccc(NC2CCC(C(=O)O)CC2)c1C. The Kier molecular flexibility index (Phi) is 4.83. The first-order valence-corrected chi connectivity index (χ1v) is 7.34. The van der Waals surface area contributed by atoms with Crippen LogP contribution in [-0.4, -0.2) is 30.1 Å². The van der Waals surface area contributed by atoms with Crippen molar-refractivity contribution in [1.29, 1.82) is 0 Å². The Labute approximate surface area is 124 Å². The minimum atomic E-state index is -0.689. The van der Waals surface area contributed by atoms with E-state index < -0.39 is 5.97 Å².